The topological polar surface area (TPSA) is 32.7 Å². The molecule has 3 nitrogen and oxygen atoms in total. The number of rotatable bonds is 4. The van der Waals surface area contributed by atoms with Crippen molar-refractivity contribution in [1.29, 1.82) is 0 Å². The van der Waals surface area contributed by atoms with E-state index in [1.54, 1.807) is 7.11 Å². The largest absolute Gasteiger partial charge is 0.497 e. The molecule has 1 aliphatic heterocycles. The number of hydrogen-bond acceptors (Lipinski definition) is 3. The van der Waals surface area contributed by atoms with E-state index in [4.69, 9.17) is 4.74 Å². The smallest absolute Gasteiger partial charge is 0.118 e. The maximum atomic E-state index is 10.9. The molecule has 0 aromatic heterocycles. The quantitative estimate of drug-likeness (QED) is 0.928. The van der Waals surface area contributed by atoms with Crippen LogP contribution in [0.3, 0.4) is 0 Å². The molecule has 2 aromatic carbocycles. The fraction of sp³-hybridized carbons (Fsp3) is 0.368. The molecule has 1 saturated heterocycles. The molecule has 0 saturated carbocycles. The fourth-order valence-corrected chi connectivity index (χ4v) is 3.11. The Labute approximate surface area is 144 Å². The van der Waals surface area contributed by atoms with Crippen LogP contribution >= 0.6 is 12.4 Å². The number of likely N-dealkylation sites (tertiary alicyclic amines) is 1. The van der Waals surface area contributed by atoms with Gasteiger partial charge in [0.1, 0.15) is 5.75 Å². The first-order valence-corrected chi connectivity index (χ1v) is 7.83. The Balaban J connectivity index is 0.00000192. The summed E-state index contributed by atoms with van der Waals surface area (Å²) in [6.45, 7) is 2.75. The number of piperidine rings is 1. The lowest BCUT2D eigenvalue weighted by atomic mass is 9.84. The highest BCUT2D eigenvalue weighted by Crippen LogP contribution is 2.33. The molecule has 0 unspecified atom stereocenters. The van der Waals surface area contributed by atoms with Crippen LogP contribution in [0.2, 0.25) is 0 Å². The van der Waals surface area contributed by atoms with E-state index in [9.17, 15) is 5.11 Å². The molecule has 0 bridgehead atoms. The second kappa shape index (κ2) is 7.82. The van der Waals surface area contributed by atoms with Crippen molar-refractivity contribution in [3.63, 3.8) is 0 Å². The lowest BCUT2D eigenvalue weighted by Crippen LogP contribution is -2.42. The summed E-state index contributed by atoms with van der Waals surface area (Å²) in [6.07, 6.45) is 1.57. The van der Waals surface area contributed by atoms with Gasteiger partial charge in [0.15, 0.2) is 0 Å². The SMILES string of the molecule is COc1ccc(CN2CCC(O)(c3ccccc3)CC2)cc1.Cl. The summed E-state index contributed by atoms with van der Waals surface area (Å²) in [4.78, 5) is 2.40. The van der Waals surface area contributed by atoms with E-state index in [1.807, 2.05) is 42.5 Å². The van der Waals surface area contributed by atoms with Gasteiger partial charge in [-0.3, -0.25) is 4.90 Å². The predicted molar refractivity (Wildman–Crippen MR) is 95.1 cm³/mol. The molecule has 2 aromatic rings. The predicted octanol–water partition coefficient (Wildman–Crippen LogP) is 3.60. The number of hydrogen-bond donors (Lipinski definition) is 1. The zero-order valence-electron chi connectivity index (χ0n) is 13.4. The van der Waals surface area contributed by atoms with Crippen molar-refractivity contribution < 1.29 is 9.84 Å². The summed E-state index contributed by atoms with van der Waals surface area (Å²) in [7, 11) is 1.68. The van der Waals surface area contributed by atoms with Gasteiger partial charge in [-0.25, -0.2) is 0 Å². The number of halogens is 1. The van der Waals surface area contributed by atoms with Crippen LogP contribution in [0.1, 0.15) is 24.0 Å². The molecule has 0 radical (unpaired) electrons. The number of ether oxygens (including phenoxy) is 1. The maximum Gasteiger partial charge on any atom is 0.118 e. The van der Waals surface area contributed by atoms with Crippen LogP contribution in [0.15, 0.2) is 54.6 Å². The fourth-order valence-electron chi connectivity index (χ4n) is 3.11. The molecule has 124 valence electrons. The van der Waals surface area contributed by atoms with Gasteiger partial charge in [0.25, 0.3) is 0 Å². The molecule has 1 fully saturated rings. The molecule has 0 atom stereocenters. The number of nitrogens with zero attached hydrogens (tertiary/aromatic N) is 1. The van der Waals surface area contributed by atoms with Crippen LogP contribution in [-0.4, -0.2) is 30.2 Å². The maximum absolute atomic E-state index is 10.9. The molecular weight excluding hydrogens is 310 g/mol. The van der Waals surface area contributed by atoms with Gasteiger partial charge >= 0.3 is 0 Å². The van der Waals surface area contributed by atoms with Crippen LogP contribution in [0.4, 0.5) is 0 Å². The molecule has 0 amide bonds. The van der Waals surface area contributed by atoms with Gasteiger partial charge in [0.2, 0.25) is 0 Å². The first-order chi connectivity index (χ1) is 10.7. The molecule has 1 heterocycles. The normalized spacial score (nSPS) is 17.3. The second-order valence-electron chi connectivity index (χ2n) is 6.02. The second-order valence-corrected chi connectivity index (χ2v) is 6.02. The number of benzene rings is 2. The highest BCUT2D eigenvalue weighted by molar-refractivity contribution is 5.85. The Morgan fingerprint density at radius 3 is 2.17 bits per heavy atom. The van der Waals surface area contributed by atoms with Gasteiger partial charge in [-0.05, 0) is 36.1 Å². The van der Waals surface area contributed by atoms with Crippen LogP contribution in [-0.2, 0) is 12.1 Å². The molecule has 3 rings (SSSR count). The molecular formula is C19H24ClNO2. The van der Waals surface area contributed by atoms with Crippen molar-refractivity contribution in [2.45, 2.75) is 25.0 Å². The van der Waals surface area contributed by atoms with Crippen LogP contribution in [0.5, 0.6) is 5.75 Å². The summed E-state index contributed by atoms with van der Waals surface area (Å²) in [5, 5.41) is 10.9. The summed E-state index contributed by atoms with van der Waals surface area (Å²) < 4.78 is 5.19. The Morgan fingerprint density at radius 1 is 1.00 bits per heavy atom. The van der Waals surface area contributed by atoms with E-state index in [0.717, 1.165) is 43.8 Å². The molecule has 1 N–H and O–H groups in total. The first kappa shape index (κ1) is 17.8. The Hall–Kier alpha value is -1.55. The molecule has 1 aliphatic rings. The minimum atomic E-state index is -0.669. The van der Waals surface area contributed by atoms with E-state index >= 15 is 0 Å². The number of aliphatic hydroxyl groups is 1. The lowest BCUT2D eigenvalue weighted by Gasteiger charge is -2.38. The van der Waals surface area contributed by atoms with Crippen LogP contribution in [0.25, 0.3) is 0 Å². The van der Waals surface area contributed by atoms with E-state index in [-0.39, 0.29) is 12.4 Å². The lowest BCUT2D eigenvalue weighted by molar-refractivity contribution is -0.0277. The van der Waals surface area contributed by atoms with Crippen molar-refractivity contribution in [3.05, 3.63) is 65.7 Å². The summed E-state index contributed by atoms with van der Waals surface area (Å²) in [5.74, 6) is 0.890. The van der Waals surface area contributed by atoms with Crippen molar-refractivity contribution in [2.24, 2.45) is 0 Å². The molecule has 23 heavy (non-hydrogen) atoms. The first-order valence-electron chi connectivity index (χ1n) is 7.83. The van der Waals surface area contributed by atoms with Gasteiger partial charge in [-0.2, -0.15) is 0 Å². The van der Waals surface area contributed by atoms with Gasteiger partial charge < -0.3 is 9.84 Å². The van der Waals surface area contributed by atoms with Gasteiger partial charge in [-0.15, -0.1) is 12.4 Å². The van der Waals surface area contributed by atoms with Crippen LogP contribution in [0, 0.1) is 0 Å². The van der Waals surface area contributed by atoms with Crippen molar-refractivity contribution >= 4 is 12.4 Å². The van der Waals surface area contributed by atoms with E-state index in [0.29, 0.717) is 0 Å². The Bertz CT molecular complexity index is 593. The van der Waals surface area contributed by atoms with E-state index < -0.39 is 5.60 Å². The third-order valence-electron chi connectivity index (χ3n) is 4.56. The van der Waals surface area contributed by atoms with Gasteiger partial charge in [-0.1, -0.05) is 42.5 Å². The minimum Gasteiger partial charge on any atom is -0.497 e. The summed E-state index contributed by atoms with van der Waals surface area (Å²) in [6, 6.07) is 18.3. The summed E-state index contributed by atoms with van der Waals surface area (Å²) in [5.41, 5.74) is 1.66. The number of methoxy groups -OCH3 is 1. The highest BCUT2D eigenvalue weighted by Gasteiger charge is 2.33. The van der Waals surface area contributed by atoms with Gasteiger partial charge in [0.05, 0.1) is 12.7 Å². The average Bonchev–Trinajstić information content (AvgIpc) is 2.59. The van der Waals surface area contributed by atoms with Gasteiger partial charge in [0, 0.05) is 19.6 Å². The zero-order valence-corrected chi connectivity index (χ0v) is 14.3. The Kier molecular flexibility index (Phi) is 6.05. The van der Waals surface area contributed by atoms with Crippen molar-refractivity contribution in [1.82, 2.24) is 4.90 Å². The molecule has 0 spiro atoms. The summed E-state index contributed by atoms with van der Waals surface area (Å²) >= 11 is 0. The zero-order chi connectivity index (χ0) is 15.4. The van der Waals surface area contributed by atoms with Crippen LogP contribution < -0.4 is 4.74 Å². The Morgan fingerprint density at radius 2 is 1.61 bits per heavy atom. The standard InChI is InChI=1S/C19H23NO2.ClH/c1-22-18-9-7-16(8-10-18)15-20-13-11-19(21,12-14-20)17-5-3-2-4-6-17;/h2-10,21H,11-15H2,1H3;1H. The van der Waals surface area contributed by atoms with Crippen molar-refractivity contribution in [2.75, 3.05) is 20.2 Å². The highest BCUT2D eigenvalue weighted by atomic mass is 35.5. The van der Waals surface area contributed by atoms with E-state index in [1.165, 1.54) is 5.56 Å². The third kappa shape index (κ3) is 4.25. The minimum absolute atomic E-state index is 0. The average molecular weight is 334 g/mol. The monoisotopic (exact) mass is 333 g/mol. The third-order valence-corrected chi connectivity index (χ3v) is 4.56. The van der Waals surface area contributed by atoms with Crippen molar-refractivity contribution in [3.8, 4) is 5.75 Å². The molecule has 4 heteroatoms. The van der Waals surface area contributed by atoms with E-state index in [2.05, 4.69) is 17.0 Å². The molecule has 0 aliphatic carbocycles.